The highest BCUT2D eigenvalue weighted by molar-refractivity contribution is 8.21. The lowest BCUT2D eigenvalue weighted by atomic mass is 10.7. The summed E-state index contributed by atoms with van der Waals surface area (Å²) in [5.74, 6) is 0. The third kappa shape index (κ3) is 4.69. The lowest BCUT2D eigenvalue weighted by molar-refractivity contribution is 0.529. The maximum Gasteiger partial charge on any atom is 0.146 e. The van der Waals surface area contributed by atoms with Crippen LogP contribution in [-0.4, -0.2) is 21.7 Å². The third-order valence-corrected chi connectivity index (χ3v) is 2.10. The van der Waals surface area contributed by atoms with Crippen molar-refractivity contribution >= 4 is 28.5 Å². The van der Waals surface area contributed by atoms with Gasteiger partial charge < -0.3 is 5.73 Å². The summed E-state index contributed by atoms with van der Waals surface area (Å²) in [6.45, 7) is 6.13. The minimum atomic E-state index is 0.499. The summed E-state index contributed by atoms with van der Waals surface area (Å²) in [6.07, 6.45) is 0. The predicted molar refractivity (Wildman–Crippen MR) is 47.3 cm³/mol. The molecule has 0 saturated heterocycles. The maximum atomic E-state index is 5.30. The van der Waals surface area contributed by atoms with Gasteiger partial charge in [-0.05, 0) is 11.9 Å². The molecule has 2 N–H and O–H groups in total. The molecule has 0 bridgehead atoms. The monoisotopic (exact) mass is 164 g/mol. The summed E-state index contributed by atoms with van der Waals surface area (Å²) in [5, 5.41) is 0. The fourth-order valence-corrected chi connectivity index (χ4v) is 1.31. The number of hydrogen-bond acceptors (Lipinski definition) is 3. The highest BCUT2D eigenvalue weighted by Crippen LogP contribution is 2.07. The van der Waals surface area contributed by atoms with E-state index >= 15 is 0 Å². The van der Waals surface area contributed by atoms with Crippen LogP contribution < -0.4 is 5.73 Å². The molecule has 0 unspecified atom stereocenters. The molecule has 0 aromatic heterocycles. The Morgan fingerprint density at radius 2 is 2.00 bits per heavy atom. The molecule has 4 heteroatoms. The highest BCUT2D eigenvalue weighted by atomic mass is 32.2. The van der Waals surface area contributed by atoms with Crippen molar-refractivity contribution in [3.63, 3.8) is 0 Å². The number of nitrogens with zero attached hydrogens (tertiary/aromatic N) is 1. The molecule has 0 heterocycles. The summed E-state index contributed by atoms with van der Waals surface area (Å²) < 4.78 is 2.60. The van der Waals surface area contributed by atoms with Crippen molar-refractivity contribution < 1.29 is 0 Å². The molecule has 0 radical (unpaired) electrons. The van der Waals surface area contributed by atoms with Crippen LogP contribution in [0.5, 0.6) is 0 Å². The molecule has 0 rings (SSSR count). The third-order valence-electron chi connectivity index (χ3n) is 0.924. The van der Waals surface area contributed by atoms with Gasteiger partial charge in [-0.2, -0.15) is 0 Å². The van der Waals surface area contributed by atoms with Crippen molar-refractivity contribution in [3.8, 4) is 0 Å². The summed E-state index contributed by atoms with van der Waals surface area (Å²) in [4.78, 5) is 0. The Kier molecular flexibility index (Phi) is 5.13. The van der Waals surface area contributed by atoms with E-state index in [0.29, 0.717) is 4.32 Å². The summed E-state index contributed by atoms with van der Waals surface area (Å²) >= 11 is 6.15. The molecule has 0 spiro atoms. The number of nitrogens with two attached hydrogens (primary N) is 1. The molecule has 0 aliphatic carbocycles. The van der Waals surface area contributed by atoms with Crippen LogP contribution >= 0.6 is 24.2 Å². The van der Waals surface area contributed by atoms with Gasteiger partial charge in [-0.3, -0.25) is 0 Å². The van der Waals surface area contributed by atoms with Gasteiger partial charge in [-0.1, -0.05) is 26.1 Å². The largest absolute Gasteiger partial charge is 0.384 e. The summed E-state index contributed by atoms with van der Waals surface area (Å²) in [6, 6.07) is 0. The molecule has 0 saturated carbocycles. The van der Waals surface area contributed by atoms with Crippen LogP contribution in [0.2, 0.25) is 0 Å². The first kappa shape index (κ1) is 9.20. The van der Waals surface area contributed by atoms with E-state index in [1.54, 1.807) is 0 Å². The maximum absolute atomic E-state index is 5.30. The van der Waals surface area contributed by atoms with E-state index < -0.39 is 0 Å². The average molecular weight is 164 g/mol. The number of hydrogen-bond donors (Lipinski definition) is 1. The molecule has 0 amide bonds. The second kappa shape index (κ2) is 5.02. The molecule has 54 valence electrons. The molecule has 0 fully saturated rings. The van der Waals surface area contributed by atoms with E-state index in [4.69, 9.17) is 18.0 Å². The number of rotatable bonds is 3. The molecule has 9 heavy (non-hydrogen) atoms. The van der Waals surface area contributed by atoms with E-state index in [9.17, 15) is 0 Å². The SMILES string of the molecule is CCN(CC)SC(N)=S. The van der Waals surface area contributed by atoms with E-state index in [0.717, 1.165) is 13.1 Å². The Morgan fingerprint density at radius 1 is 1.56 bits per heavy atom. The lowest BCUT2D eigenvalue weighted by Crippen LogP contribution is -2.19. The van der Waals surface area contributed by atoms with Crippen LogP contribution in [0.4, 0.5) is 0 Å². The predicted octanol–water partition coefficient (Wildman–Crippen LogP) is 1.22. The molecule has 0 aromatic rings. The van der Waals surface area contributed by atoms with Gasteiger partial charge in [-0.25, -0.2) is 4.31 Å². The molecular weight excluding hydrogens is 152 g/mol. The Hall–Kier alpha value is 0.200. The van der Waals surface area contributed by atoms with Gasteiger partial charge in [0.2, 0.25) is 0 Å². The summed E-state index contributed by atoms with van der Waals surface area (Å²) in [7, 11) is 0. The Bertz CT molecular complexity index is 91.0. The molecule has 0 aromatic carbocycles. The van der Waals surface area contributed by atoms with Crippen molar-refractivity contribution in [2.45, 2.75) is 13.8 Å². The van der Waals surface area contributed by atoms with Gasteiger partial charge in [-0.15, -0.1) is 0 Å². The number of thiocarbonyl (C=S) groups is 1. The second-order valence-corrected chi connectivity index (χ2v) is 3.36. The van der Waals surface area contributed by atoms with Crippen LogP contribution in [0.3, 0.4) is 0 Å². The van der Waals surface area contributed by atoms with Crippen LogP contribution in [0, 0.1) is 0 Å². The Balaban J connectivity index is 3.43. The van der Waals surface area contributed by atoms with Gasteiger partial charge in [0.15, 0.2) is 0 Å². The zero-order valence-corrected chi connectivity index (χ0v) is 7.39. The Labute approximate surface area is 65.9 Å². The van der Waals surface area contributed by atoms with Gasteiger partial charge in [0, 0.05) is 13.1 Å². The quantitative estimate of drug-likeness (QED) is 0.501. The molecular formula is C5H12N2S2. The van der Waals surface area contributed by atoms with Crippen molar-refractivity contribution in [1.82, 2.24) is 4.31 Å². The minimum Gasteiger partial charge on any atom is -0.384 e. The fraction of sp³-hybridized carbons (Fsp3) is 0.800. The molecule has 0 atom stereocenters. The van der Waals surface area contributed by atoms with E-state index in [1.165, 1.54) is 11.9 Å². The van der Waals surface area contributed by atoms with Gasteiger partial charge in [0.1, 0.15) is 4.32 Å². The van der Waals surface area contributed by atoms with Crippen molar-refractivity contribution in [2.24, 2.45) is 5.73 Å². The first-order chi connectivity index (χ1) is 4.20. The van der Waals surface area contributed by atoms with Gasteiger partial charge in [0.05, 0.1) is 0 Å². The molecule has 2 nitrogen and oxygen atoms in total. The zero-order chi connectivity index (χ0) is 7.28. The highest BCUT2D eigenvalue weighted by Gasteiger charge is 1.99. The molecule has 0 aliphatic heterocycles. The van der Waals surface area contributed by atoms with Crippen LogP contribution in [0.25, 0.3) is 0 Å². The standard InChI is InChI=1S/C5H12N2S2/c1-3-7(4-2)9-5(6)8/h3-4H2,1-2H3,(H2,6,8). The minimum absolute atomic E-state index is 0.499. The smallest absolute Gasteiger partial charge is 0.146 e. The first-order valence-corrected chi connectivity index (χ1v) is 4.11. The van der Waals surface area contributed by atoms with Crippen molar-refractivity contribution in [2.75, 3.05) is 13.1 Å². The topological polar surface area (TPSA) is 29.3 Å². The van der Waals surface area contributed by atoms with Crippen LogP contribution in [-0.2, 0) is 0 Å². The van der Waals surface area contributed by atoms with Crippen LogP contribution in [0.1, 0.15) is 13.8 Å². The Morgan fingerprint density at radius 3 is 2.11 bits per heavy atom. The average Bonchev–Trinajstić information content (AvgIpc) is 1.82. The fourth-order valence-electron chi connectivity index (χ4n) is 0.480. The zero-order valence-electron chi connectivity index (χ0n) is 5.76. The van der Waals surface area contributed by atoms with Gasteiger partial charge in [0.25, 0.3) is 0 Å². The second-order valence-electron chi connectivity index (χ2n) is 1.52. The van der Waals surface area contributed by atoms with Crippen LogP contribution in [0.15, 0.2) is 0 Å². The van der Waals surface area contributed by atoms with E-state index in [2.05, 4.69) is 18.2 Å². The lowest BCUT2D eigenvalue weighted by Gasteiger charge is -2.14. The normalized spacial score (nSPS) is 10.1. The first-order valence-electron chi connectivity index (χ1n) is 2.93. The van der Waals surface area contributed by atoms with E-state index in [-0.39, 0.29) is 0 Å². The van der Waals surface area contributed by atoms with Crippen molar-refractivity contribution in [1.29, 1.82) is 0 Å². The summed E-state index contributed by atoms with van der Waals surface area (Å²) in [5.41, 5.74) is 5.30. The van der Waals surface area contributed by atoms with E-state index in [1.807, 2.05) is 0 Å². The van der Waals surface area contributed by atoms with Crippen molar-refractivity contribution in [3.05, 3.63) is 0 Å². The van der Waals surface area contributed by atoms with Gasteiger partial charge >= 0.3 is 0 Å². The molecule has 0 aliphatic rings.